The highest BCUT2D eigenvalue weighted by Crippen LogP contribution is 2.60. The highest BCUT2D eigenvalue weighted by molar-refractivity contribution is 6.31. The first-order valence-corrected chi connectivity index (χ1v) is 9.53. The Morgan fingerprint density at radius 3 is 2.86 bits per heavy atom. The summed E-state index contributed by atoms with van der Waals surface area (Å²) >= 11 is 6.22. The third-order valence-corrected chi connectivity index (χ3v) is 6.27. The van der Waals surface area contributed by atoms with Crippen molar-refractivity contribution in [1.29, 1.82) is 5.26 Å². The Labute approximate surface area is 166 Å². The van der Waals surface area contributed by atoms with Crippen LogP contribution < -0.4 is 5.32 Å². The summed E-state index contributed by atoms with van der Waals surface area (Å²) in [5.41, 5.74) is 1.57. The summed E-state index contributed by atoms with van der Waals surface area (Å²) in [7, 11) is 0. The van der Waals surface area contributed by atoms with E-state index in [-0.39, 0.29) is 23.8 Å². The number of nitrogens with zero attached hydrogens (tertiary/aromatic N) is 2. The van der Waals surface area contributed by atoms with Crippen molar-refractivity contribution >= 4 is 28.4 Å². The molecular formula is C21H17ClN4O2. The molecule has 2 fully saturated rings. The van der Waals surface area contributed by atoms with Crippen molar-refractivity contribution in [1.82, 2.24) is 15.5 Å². The van der Waals surface area contributed by atoms with Crippen LogP contribution in [0.25, 0.3) is 10.9 Å². The smallest absolute Gasteiger partial charge is 0.251 e. The quantitative estimate of drug-likeness (QED) is 0.637. The lowest BCUT2D eigenvalue weighted by Crippen LogP contribution is -2.33. The van der Waals surface area contributed by atoms with E-state index < -0.39 is 5.60 Å². The number of amides is 1. The Kier molecular flexibility index (Phi) is 3.73. The number of hydrogen-bond donors (Lipinski definition) is 3. The average molecular weight is 393 g/mol. The normalized spacial score (nSPS) is 28.0. The van der Waals surface area contributed by atoms with Gasteiger partial charge in [-0.15, -0.1) is 0 Å². The van der Waals surface area contributed by atoms with E-state index in [1.807, 2.05) is 12.1 Å². The van der Waals surface area contributed by atoms with Gasteiger partial charge in [0.05, 0.1) is 28.9 Å². The SMILES string of the molecule is N#Cc1cccc(C(=O)NC2[C@H]3C[C@](O)(c4cc(Cl)cc5[nH]ncc45)C[C@@H]23)c1. The summed E-state index contributed by atoms with van der Waals surface area (Å²) in [5, 5.41) is 31.7. The molecule has 1 amide bonds. The van der Waals surface area contributed by atoms with E-state index in [1.54, 1.807) is 36.5 Å². The molecule has 3 N–H and O–H groups in total. The number of halogens is 1. The minimum absolute atomic E-state index is 0.0533. The number of carbonyl (C=O) groups excluding carboxylic acids is 1. The first-order valence-electron chi connectivity index (χ1n) is 9.15. The number of rotatable bonds is 3. The van der Waals surface area contributed by atoms with E-state index in [9.17, 15) is 9.90 Å². The molecule has 140 valence electrons. The van der Waals surface area contributed by atoms with E-state index in [2.05, 4.69) is 15.5 Å². The molecule has 3 aromatic rings. The second-order valence-electron chi connectivity index (χ2n) is 7.74. The van der Waals surface area contributed by atoms with Crippen LogP contribution in [0, 0.1) is 23.2 Å². The van der Waals surface area contributed by atoms with Gasteiger partial charge in [0.25, 0.3) is 5.91 Å². The van der Waals surface area contributed by atoms with Crippen LogP contribution >= 0.6 is 11.6 Å². The molecule has 2 aromatic carbocycles. The van der Waals surface area contributed by atoms with Crippen molar-refractivity contribution in [3.05, 3.63) is 64.3 Å². The molecule has 28 heavy (non-hydrogen) atoms. The molecule has 0 saturated heterocycles. The number of carbonyl (C=O) groups is 1. The van der Waals surface area contributed by atoms with Crippen LogP contribution in [0.15, 0.2) is 42.6 Å². The minimum Gasteiger partial charge on any atom is -0.385 e. The van der Waals surface area contributed by atoms with Gasteiger partial charge in [0.15, 0.2) is 0 Å². The molecule has 6 nitrogen and oxygen atoms in total. The molecule has 2 aliphatic rings. The Bertz CT molecular complexity index is 1140. The average Bonchev–Trinajstić information content (AvgIpc) is 3.06. The lowest BCUT2D eigenvalue weighted by Gasteiger charge is -2.27. The lowest BCUT2D eigenvalue weighted by molar-refractivity contribution is 0.0293. The topological polar surface area (TPSA) is 102 Å². The molecule has 1 aromatic heterocycles. The number of aliphatic hydroxyl groups is 1. The van der Waals surface area contributed by atoms with Crippen molar-refractivity contribution in [3.8, 4) is 6.07 Å². The van der Waals surface area contributed by atoms with Crippen molar-refractivity contribution < 1.29 is 9.90 Å². The molecule has 0 bridgehead atoms. The number of aromatic nitrogens is 2. The molecule has 2 saturated carbocycles. The van der Waals surface area contributed by atoms with Crippen LogP contribution in [-0.2, 0) is 5.60 Å². The molecule has 0 spiro atoms. The van der Waals surface area contributed by atoms with Crippen molar-refractivity contribution in [2.45, 2.75) is 24.5 Å². The third-order valence-electron chi connectivity index (χ3n) is 6.05. The van der Waals surface area contributed by atoms with Crippen LogP contribution in [0.1, 0.15) is 34.3 Å². The number of hydrogen-bond acceptors (Lipinski definition) is 4. The lowest BCUT2D eigenvalue weighted by atomic mass is 9.86. The molecular weight excluding hydrogens is 376 g/mol. The Morgan fingerprint density at radius 2 is 2.11 bits per heavy atom. The van der Waals surface area contributed by atoms with Crippen LogP contribution in [0.2, 0.25) is 5.02 Å². The second kappa shape index (κ2) is 6.06. The summed E-state index contributed by atoms with van der Waals surface area (Å²) in [6.45, 7) is 0. The largest absolute Gasteiger partial charge is 0.385 e. The minimum atomic E-state index is -0.968. The van der Waals surface area contributed by atoms with E-state index in [0.29, 0.717) is 29.0 Å². The number of aromatic amines is 1. The standard InChI is InChI=1S/C21H17ClN4O2/c22-13-5-17(16-10-24-26-18(16)6-13)21(28)7-14-15(8-21)19(14)25-20(27)12-3-1-2-11(4-12)9-23/h1-6,10,14-15,19,28H,7-8H2,(H,24,26)(H,25,27)/t14-,15+,19?,21+. The molecule has 7 heteroatoms. The molecule has 2 aliphatic carbocycles. The highest BCUT2D eigenvalue weighted by atomic mass is 35.5. The van der Waals surface area contributed by atoms with Gasteiger partial charge in [-0.05, 0) is 60.6 Å². The third kappa shape index (κ3) is 2.67. The Balaban J connectivity index is 1.32. The van der Waals surface area contributed by atoms with Gasteiger partial charge in [0.1, 0.15) is 0 Å². The maximum Gasteiger partial charge on any atom is 0.251 e. The number of H-pyrrole nitrogens is 1. The Hall–Kier alpha value is -2.88. The maximum absolute atomic E-state index is 12.5. The Morgan fingerprint density at radius 1 is 1.32 bits per heavy atom. The van der Waals surface area contributed by atoms with Gasteiger partial charge in [-0.3, -0.25) is 9.89 Å². The molecule has 0 radical (unpaired) electrons. The predicted octanol–water partition coefficient (Wildman–Crippen LogP) is 3.11. The van der Waals surface area contributed by atoms with Gasteiger partial charge < -0.3 is 10.4 Å². The molecule has 1 heterocycles. The fraction of sp³-hybridized carbons (Fsp3) is 0.286. The van der Waals surface area contributed by atoms with Gasteiger partial charge >= 0.3 is 0 Å². The van der Waals surface area contributed by atoms with E-state index in [0.717, 1.165) is 16.5 Å². The number of benzene rings is 2. The van der Waals surface area contributed by atoms with E-state index in [1.165, 1.54) is 0 Å². The van der Waals surface area contributed by atoms with Gasteiger partial charge in [-0.1, -0.05) is 17.7 Å². The van der Waals surface area contributed by atoms with Crippen LogP contribution in [0.4, 0.5) is 0 Å². The van der Waals surface area contributed by atoms with Gasteiger partial charge in [0, 0.05) is 22.0 Å². The van der Waals surface area contributed by atoms with E-state index in [4.69, 9.17) is 16.9 Å². The zero-order valence-corrected chi connectivity index (χ0v) is 15.6. The summed E-state index contributed by atoms with van der Waals surface area (Å²) in [5.74, 6) is 0.281. The zero-order chi connectivity index (χ0) is 19.5. The summed E-state index contributed by atoms with van der Waals surface area (Å²) in [6.07, 6.45) is 2.85. The highest BCUT2D eigenvalue weighted by Gasteiger charge is 2.62. The molecule has 1 unspecified atom stereocenters. The fourth-order valence-corrected chi connectivity index (χ4v) is 4.88. The zero-order valence-electron chi connectivity index (χ0n) is 14.8. The van der Waals surface area contributed by atoms with Crippen molar-refractivity contribution in [2.24, 2.45) is 11.8 Å². The monoisotopic (exact) mass is 392 g/mol. The van der Waals surface area contributed by atoms with Gasteiger partial charge in [0.2, 0.25) is 0 Å². The maximum atomic E-state index is 12.5. The second-order valence-corrected chi connectivity index (χ2v) is 8.18. The molecule has 0 aliphatic heterocycles. The van der Waals surface area contributed by atoms with Crippen LogP contribution in [-0.4, -0.2) is 27.3 Å². The number of fused-ring (bicyclic) bond motifs is 2. The summed E-state index contributed by atoms with van der Waals surface area (Å²) in [6, 6.07) is 12.4. The summed E-state index contributed by atoms with van der Waals surface area (Å²) < 4.78 is 0. The summed E-state index contributed by atoms with van der Waals surface area (Å²) in [4.78, 5) is 12.5. The molecule has 4 atom stereocenters. The van der Waals surface area contributed by atoms with E-state index >= 15 is 0 Å². The fourth-order valence-electron chi connectivity index (χ4n) is 4.66. The van der Waals surface area contributed by atoms with Gasteiger partial charge in [-0.2, -0.15) is 10.4 Å². The number of nitrogens with one attached hydrogen (secondary N) is 2. The van der Waals surface area contributed by atoms with Crippen LogP contribution in [0.5, 0.6) is 0 Å². The first-order chi connectivity index (χ1) is 13.5. The molecule has 5 rings (SSSR count). The van der Waals surface area contributed by atoms with Crippen molar-refractivity contribution in [2.75, 3.05) is 0 Å². The van der Waals surface area contributed by atoms with Gasteiger partial charge in [-0.25, -0.2) is 0 Å². The number of nitriles is 1. The van der Waals surface area contributed by atoms with Crippen molar-refractivity contribution in [3.63, 3.8) is 0 Å². The van der Waals surface area contributed by atoms with Crippen LogP contribution in [0.3, 0.4) is 0 Å². The predicted molar refractivity (Wildman–Crippen MR) is 104 cm³/mol. The first kappa shape index (κ1) is 17.2.